The minimum Gasteiger partial charge on any atom is -0.493 e. The number of methoxy groups -OCH3 is 2. The maximum Gasteiger partial charge on any atom is 0.180 e. The Morgan fingerprint density at radius 3 is 2.45 bits per heavy atom. The lowest BCUT2D eigenvalue weighted by Crippen LogP contribution is -2.17. The van der Waals surface area contributed by atoms with E-state index in [2.05, 4.69) is 23.2 Å². The van der Waals surface area contributed by atoms with Crippen molar-refractivity contribution in [3.8, 4) is 11.5 Å². The number of anilines is 1. The number of nitrogen functional groups attached to an aromatic ring is 1. The van der Waals surface area contributed by atoms with Gasteiger partial charge in [-0.3, -0.25) is 4.90 Å². The third-order valence-corrected chi connectivity index (χ3v) is 4.86. The summed E-state index contributed by atoms with van der Waals surface area (Å²) in [6.45, 7) is 1.63. The van der Waals surface area contributed by atoms with Gasteiger partial charge in [0.05, 0.1) is 14.2 Å². The highest BCUT2D eigenvalue weighted by Gasteiger charge is 2.13. The molecule has 7 heteroatoms. The maximum atomic E-state index is 5.68. The smallest absolute Gasteiger partial charge is 0.180 e. The van der Waals surface area contributed by atoms with Crippen molar-refractivity contribution in [2.75, 3.05) is 33.3 Å². The summed E-state index contributed by atoms with van der Waals surface area (Å²) < 4.78 is 10.8. The van der Waals surface area contributed by atoms with Gasteiger partial charge in [0.1, 0.15) is 0 Å². The van der Waals surface area contributed by atoms with E-state index in [0.29, 0.717) is 5.13 Å². The molecule has 0 amide bonds. The Balaban J connectivity index is 2.16. The van der Waals surface area contributed by atoms with Crippen LogP contribution in [0, 0.1) is 0 Å². The normalized spacial score (nSPS) is 11.0. The highest BCUT2D eigenvalue weighted by molar-refractivity contribution is 7.98. The van der Waals surface area contributed by atoms with E-state index in [4.69, 9.17) is 15.2 Å². The van der Waals surface area contributed by atoms with Crippen LogP contribution in [-0.4, -0.2) is 37.4 Å². The van der Waals surface area contributed by atoms with Gasteiger partial charge >= 0.3 is 0 Å². The zero-order valence-electron chi connectivity index (χ0n) is 13.3. The van der Waals surface area contributed by atoms with E-state index in [1.165, 1.54) is 21.8 Å². The summed E-state index contributed by atoms with van der Waals surface area (Å²) in [5, 5.41) is 0.610. The van der Waals surface area contributed by atoms with Gasteiger partial charge < -0.3 is 15.2 Å². The average molecular weight is 339 g/mol. The van der Waals surface area contributed by atoms with Crippen LogP contribution in [0.3, 0.4) is 0 Å². The van der Waals surface area contributed by atoms with Crippen molar-refractivity contribution in [2.24, 2.45) is 0 Å². The van der Waals surface area contributed by atoms with Crippen molar-refractivity contribution < 1.29 is 9.47 Å². The zero-order valence-corrected chi connectivity index (χ0v) is 14.9. The predicted molar refractivity (Wildman–Crippen MR) is 93.0 cm³/mol. The highest BCUT2D eigenvalue weighted by Crippen LogP contribution is 2.35. The first-order valence-electron chi connectivity index (χ1n) is 6.75. The van der Waals surface area contributed by atoms with E-state index in [-0.39, 0.29) is 0 Å². The molecular formula is C15H21N3O2S2. The van der Waals surface area contributed by atoms with Crippen LogP contribution in [0.2, 0.25) is 0 Å². The molecule has 1 aromatic carbocycles. The molecular weight excluding hydrogens is 318 g/mol. The lowest BCUT2D eigenvalue weighted by Gasteiger charge is -2.19. The van der Waals surface area contributed by atoms with Crippen LogP contribution < -0.4 is 15.2 Å². The summed E-state index contributed by atoms with van der Waals surface area (Å²) >= 11 is 3.23. The number of nitrogens with two attached hydrogens (primary N) is 1. The van der Waals surface area contributed by atoms with Crippen molar-refractivity contribution in [1.29, 1.82) is 0 Å². The fourth-order valence-electron chi connectivity index (χ4n) is 2.22. The number of thioether (sulfide) groups is 1. The monoisotopic (exact) mass is 339 g/mol. The Morgan fingerprint density at radius 1 is 1.23 bits per heavy atom. The van der Waals surface area contributed by atoms with Crippen LogP contribution in [0.4, 0.5) is 5.13 Å². The molecule has 120 valence electrons. The van der Waals surface area contributed by atoms with Gasteiger partial charge in [-0.25, -0.2) is 4.98 Å². The minimum atomic E-state index is 0.610. The molecule has 0 radical (unpaired) electrons. The molecule has 1 aromatic heterocycles. The summed E-state index contributed by atoms with van der Waals surface area (Å²) in [4.78, 5) is 8.67. The van der Waals surface area contributed by atoms with E-state index in [9.17, 15) is 0 Å². The SMILES string of the molecule is COc1cc(CN(C)Cc2cnc(N)s2)c(SC)cc1OC. The second-order valence-corrected chi connectivity index (χ2v) is 6.85. The quantitative estimate of drug-likeness (QED) is 0.782. The van der Waals surface area contributed by atoms with Crippen molar-refractivity contribution in [3.63, 3.8) is 0 Å². The molecule has 0 fully saturated rings. The van der Waals surface area contributed by atoms with Gasteiger partial charge in [0, 0.05) is 29.1 Å². The first kappa shape index (κ1) is 16.9. The molecule has 2 rings (SSSR count). The number of rotatable bonds is 7. The van der Waals surface area contributed by atoms with Gasteiger partial charge in [-0.15, -0.1) is 23.1 Å². The van der Waals surface area contributed by atoms with Crippen LogP contribution in [0.1, 0.15) is 10.4 Å². The Labute approximate surface area is 139 Å². The van der Waals surface area contributed by atoms with Crippen molar-refractivity contribution >= 4 is 28.2 Å². The van der Waals surface area contributed by atoms with Crippen LogP contribution in [0.25, 0.3) is 0 Å². The van der Waals surface area contributed by atoms with Gasteiger partial charge in [0.25, 0.3) is 0 Å². The average Bonchev–Trinajstić information content (AvgIpc) is 2.91. The molecule has 0 unspecified atom stereocenters. The minimum absolute atomic E-state index is 0.610. The Hall–Kier alpha value is -1.44. The molecule has 0 saturated heterocycles. The van der Waals surface area contributed by atoms with E-state index in [1.54, 1.807) is 26.0 Å². The third-order valence-electron chi connectivity index (χ3n) is 3.22. The molecule has 0 bridgehead atoms. The first-order chi connectivity index (χ1) is 10.6. The largest absolute Gasteiger partial charge is 0.493 e. The Bertz CT molecular complexity index is 631. The maximum absolute atomic E-state index is 5.68. The molecule has 1 heterocycles. The summed E-state index contributed by atoms with van der Waals surface area (Å²) in [6, 6.07) is 4.07. The molecule has 2 aromatic rings. The standard InChI is InChI=1S/C15H21N3O2S2/c1-18(9-11-7-17-15(16)22-11)8-10-5-12(19-2)13(20-3)6-14(10)21-4/h5-7H,8-9H2,1-4H3,(H2,16,17). The number of benzene rings is 1. The van der Waals surface area contributed by atoms with Crippen molar-refractivity contribution in [1.82, 2.24) is 9.88 Å². The first-order valence-corrected chi connectivity index (χ1v) is 8.79. The number of ether oxygens (including phenoxy) is 2. The van der Waals surface area contributed by atoms with Crippen molar-refractivity contribution in [3.05, 3.63) is 28.8 Å². The van der Waals surface area contributed by atoms with Gasteiger partial charge in [-0.2, -0.15) is 0 Å². The van der Waals surface area contributed by atoms with Gasteiger partial charge in [0.2, 0.25) is 0 Å². The number of hydrogen-bond donors (Lipinski definition) is 1. The molecule has 0 aliphatic heterocycles. The Morgan fingerprint density at radius 2 is 1.91 bits per heavy atom. The zero-order chi connectivity index (χ0) is 16.1. The third kappa shape index (κ3) is 4.06. The molecule has 2 N–H and O–H groups in total. The summed E-state index contributed by atoms with van der Waals surface area (Å²) in [5.41, 5.74) is 6.89. The van der Waals surface area contributed by atoms with Gasteiger partial charge in [-0.1, -0.05) is 0 Å². The van der Waals surface area contributed by atoms with Crippen LogP contribution in [0.15, 0.2) is 23.2 Å². The topological polar surface area (TPSA) is 60.6 Å². The molecule has 0 spiro atoms. The molecule has 22 heavy (non-hydrogen) atoms. The number of aromatic nitrogens is 1. The van der Waals surface area contributed by atoms with Crippen molar-refractivity contribution in [2.45, 2.75) is 18.0 Å². The fraction of sp³-hybridized carbons (Fsp3) is 0.400. The number of thiazole rings is 1. The fourth-order valence-corrected chi connectivity index (χ4v) is 3.60. The lowest BCUT2D eigenvalue weighted by molar-refractivity contribution is 0.316. The second-order valence-electron chi connectivity index (χ2n) is 4.86. The molecule has 0 saturated carbocycles. The van der Waals surface area contributed by atoms with Gasteiger partial charge in [-0.05, 0) is 31.0 Å². The second kappa shape index (κ2) is 7.71. The van der Waals surface area contributed by atoms with Crippen LogP contribution >= 0.6 is 23.1 Å². The summed E-state index contributed by atoms with van der Waals surface area (Å²) in [7, 11) is 5.39. The molecule has 5 nitrogen and oxygen atoms in total. The highest BCUT2D eigenvalue weighted by atomic mass is 32.2. The molecule has 0 atom stereocenters. The number of nitrogens with zero attached hydrogens (tertiary/aromatic N) is 2. The molecule has 0 aliphatic carbocycles. The summed E-state index contributed by atoms with van der Waals surface area (Å²) in [6.07, 6.45) is 3.90. The molecule has 0 aliphatic rings. The van der Waals surface area contributed by atoms with E-state index < -0.39 is 0 Å². The Kier molecular flexibility index (Phi) is 5.93. The van der Waals surface area contributed by atoms with E-state index in [0.717, 1.165) is 29.5 Å². The van der Waals surface area contributed by atoms with Crippen LogP contribution in [-0.2, 0) is 13.1 Å². The van der Waals surface area contributed by atoms with E-state index >= 15 is 0 Å². The predicted octanol–water partition coefficient (Wildman–Crippen LogP) is 3.10. The summed E-state index contributed by atoms with van der Waals surface area (Å²) in [5.74, 6) is 1.51. The van der Waals surface area contributed by atoms with E-state index in [1.807, 2.05) is 18.3 Å². The number of hydrogen-bond acceptors (Lipinski definition) is 7. The van der Waals surface area contributed by atoms with Gasteiger partial charge in [0.15, 0.2) is 16.6 Å². The van der Waals surface area contributed by atoms with Crippen LogP contribution in [0.5, 0.6) is 11.5 Å². The lowest BCUT2D eigenvalue weighted by atomic mass is 10.2.